The molecule has 5 nitrogen and oxygen atoms in total. The van der Waals surface area contributed by atoms with Crippen molar-refractivity contribution < 1.29 is 9.76 Å². The second-order valence-electron chi connectivity index (χ2n) is 2.32. The summed E-state index contributed by atoms with van der Waals surface area (Å²) in [4.78, 5) is 14.2. The second-order valence-corrected chi connectivity index (χ2v) is 2.32. The summed E-state index contributed by atoms with van der Waals surface area (Å²) in [5.74, 6) is 5.22. The molecule has 0 spiro atoms. The lowest BCUT2D eigenvalue weighted by atomic mass is 10.2. The van der Waals surface area contributed by atoms with Crippen molar-refractivity contribution in [2.75, 3.05) is 0 Å². The number of hydrogen-bond donors (Lipinski definition) is 1. The highest BCUT2D eigenvalue weighted by Crippen LogP contribution is 2.22. The Bertz CT molecular complexity index is 312. The Morgan fingerprint density at radius 1 is 1.58 bits per heavy atom. The van der Waals surface area contributed by atoms with Crippen molar-refractivity contribution >= 4 is 5.69 Å². The van der Waals surface area contributed by atoms with E-state index in [4.69, 9.17) is 5.90 Å². The molecule has 0 fully saturated rings. The molecule has 12 heavy (non-hydrogen) atoms. The third-order valence-corrected chi connectivity index (χ3v) is 1.51. The second kappa shape index (κ2) is 3.19. The van der Waals surface area contributed by atoms with E-state index >= 15 is 0 Å². The summed E-state index contributed by atoms with van der Waals surface area (Å²) in [6.07, 6.45) is 0. The third kappa shape index (κ3) is 1.51. The van der Waals surface area contributed by atoms with E-state index in [2.05, 4.69) is 4.84 Å². The van der Waals surface area contributed by atoms with Gasteiger partial charge in [0.15, 0.2) is 5.75 Å². The summed E-state index contributed by atoms with van der Waals surface area (Å²) in [5, 5.41) is 10.3. The first-order chi connectivity index (χ1) is 5.65. The van der Waals surface area contributed by atoms with Gasteiger partial charge in [-0.15, -0.1) is 0 Å². The molecule has 0 aliphatic rings. The largest absolute Gasteiger partial charge is 0.411 e. The maximum Gasteiger partial charge on any atom is 0.273 e. The fourth-order valence-corrected chi connectivity index (χ4v) is 0.829. The molecule has 0 saturated heterocycles. The Morgan fingerprint density at radius 3 is 2.75 bits per heavy atom. The predicted octanol–water partition coefficient (Wildman–Crippen LogP) is 1.16. The molecule has 0 radical (unpaired) electrons. The van der Waals surface area contributed by atoms with Crippen molar-refractivity contribution in [2.45, 2.75) is 6.92 Å². The van der Waals surface area contributed by atoms with Gasteiger partial charge < -0.3 is 4.84 Å². The Balaban J connectivity index is 3.13. The van der Waals surface area contributed by atoms with Crippen LogP contribution in [0.2, 0.25) is 0 Å². The zero-order valence-electron chi connectivity index (χ0n) is 6.48. The van der Waals surface area contributed by atoms with Gasteiger partial charge in [-0.25, -0.2) is 0 Å². The molecule has 64 valence electrons. The molecule has 0 aliphatic heterocycles. The minimum atomic E-state index is -0.498. The van der Waals surface area contributed by atoms with E-state index in [1.54, 1.807) is 13.0 Å². The summed E-state index contributed by atoms with van der Waals surface area (Å²) in [7, 11) is 0. The van der Waals surface area contributed by atoms with Gasteiger partial charge in [0.2, 0.25) is 0 Å². The van der Waals surface area contributed by atoms with Crippen molar-refractivity contribution in [2.24, 2.45) is 5.90 Å². The Kier molecular flexibility index (Phi) is 2.25. The SMILES string of the molecule is Cc1ccc([N+](=O)[O-])cc1ON. The van der Waals surface area contributed by atoms with Gasteiger partial charge in [-0.1, -0.05) is 0 Å². The highest BCUT2D eigenvalue weighted by Gasteiger charge is 2.08. The minimum absolute atomic E-state index is 0.0268. The van der Waals surface area contributed by atoms with Gasteiger partial charge in [0, 0.05) is 6.07 Å². The van der Waals surface area contributed by atoms with E-state index in [-0.39, 0.29) is 5.69 Å². The van der Waals surface area contributed by atoms with E-state index in [0.717, 1.165) is 5.56 Å². The monoisotopic (exact) mass is 168 g/mol. The average Bonchev–Trinajstić information content (AvgIpc) is 2.05. The summed E-state index contributed by atoms with van der Waals surface area (Å²) < 4.78 is 0. The zero-order chi connectivity index (χ0) is 9.14. The van der Waals surface area contributed by atoms with Crippen LogP contribution in [0.15, 0.2) is 18.2 Å². The van der Waals surface area contributed by atoms with Crippen molar-refractivity contribution in [1.82, 2.24) is 0 Å². The number of hydrogen-bond acceptors (Lipinski definition) is 4. The maximum absolute atomic E-state index is 10.3. The molecule has 0 atom stereocenters. The van der Waals surface area contributed by atoms with Crippen LogP contribution >= 0.6 is 0 Å². The predicted molar refractivity (Wildman–Crippen MR) is 42.6 cm³/mol. The van der Waals surface area contributed by atoms with Crippen molar-refractivity contribution in [3.8, 4) is 5.75 Å². The quantitative estimate of drug-likeness (QED) is 0.530. The van der Waals surface area contributed by atoms with Gasteiger partial charge in [0.25, 0.3) is 5.69 Å². The molecule has 1 aromatic carbocycles. The van der Waals surface area contributed by atoms with E-state index in [1.807, 2.05) is 0 Å². The summed E-state index contributed by atoms with van der Waals surface area (Å²) >= 11 is 0. The van der Waals surface area contributed by atoms with Crippen LogP contribution in [-0.2, 0) is 0 Å². The van der Waals surface area contributed by atoms with Crippen LogP contribution in [0, 0.1) is 17.0 Å². The summed E-state index contributed by atoms with van der Waals surface area (Å²) in [6, 6.07) is 4.27. The number of nitrogens with two attached hydrogens (primary N) is 1. The fourth-order valence-electron chi connectivity index (χ4n) is 0.829. The lowest BCUT2D eigenvalue weighted by molar-refractivity contribution is -0.385. The van der Waals surface area contributed by atoms with Crippen LogP contribution < -0.4 is 10.7 Å². The topological polar surface area (TPSA) is 78.4 Å². The van der Waals surface area contributed by atoms with Gasteiger partial charge in [-0.2, -0.15) is 5.90 Å². The Morgan fingerprint density at radius 2 is 2.25 bits per heavy atom. The van der Waals surface area contributed by atoms with Gasteiger partial charge in [-0.05, 0) is 18.6 Å². The number of nitro groups is 1. The van der Waals surface area contributed by atoms with Crippen molar-refractivity contribution in [1.29, 1.82) is 0 Å². The number of benzene rings is 1. The number of nitrogens with zero attached hydrogens (tertiary/aromatic N) is 1. The highest BCUT2D eigenvalue weighted by molar-refractivity contribution is 5.43. The fraction of sp³-hybridized carbons (Fsp3) is 0.143. The maximum atomic E-state index is 10.3. The molecule has 0 bridgehead atoms. The highest BCUT2D eigenvalue weighted by atomic mass is 16.6. The van der Waals surface area contributed by atoms with Crippen LogP contribution in [0.25, 0.3) is 0 Å². The average molecular weight is 168 g/mol. The van der Waals surface area contributed by atoms with Crippen LogP contribution in [0.1, 0.15) is 5.56 Å². The van der Waals surface area contributed by atoms with Gasteiger partial charge in [0.05, 0.1) is 11.0 Å². The van der Waals surface area contributed by atoms with E-state index < -0.39 is 4.92 Å². The van der Waals surface area contributed by atoms with Gasteiger partial charge >= 0.3 is 0 Å². The summed E-state index contributed by atoms with van der Waals surface area (Å²) in [6.45, 7) is 1.76. The van der Waals surface area contributed by atoms with Crippen molar-refractivity contribution in [3.05, 3.63) is 33.9 Å². The molecule has 1 aromatic rings. The van der Waals surface area contributed by atoms with Gasteiger partial charge in [0.1, 0.15) is 0 Å². The number of nitro benzene ring substituents is 1. The number of aryl methyl sites for hydroxylation is 1. The first-order valence-electron chi connectivity index (χ1n) is 3.27. The molecule has 0 aromatic heterocycles. The van der Waals surface area contributed by atoms with Crippen LogP contribution in [-0.4, -0.2) is 4.92 Å². The molecule has 1 rings (SSSR count). The van der Waals surface area contributed by atoms with E-state index in [0.29, 0.717) is 5.75 Å². The lowest BCUT2D eigenvalue weighted by Gasteiger charge is -2.01. The van der Waals surface area contributed by atoms with Crippen LogP contribution in [0.3, 0.4) is 0 Å². The first-order valence-corrected chi connectivity index (χ1v) is 3.27. The molecular formula is C7H8N2O3. The normalized spacial score (nSPS) is 9.50. The third-order valence-electron chi connectivity index (χ3n) is 1.51. The van der Waals surface area contributed by atoms with E-state index in [9.17, 15) is 10.1 Å². The number of non-ortho nitro benzene ring substituents is 1. The minimum Gasteiger partial charge on any atom is -0.411 e. The molecule has 0 saturated carbocycles. The summed E-state index contributed by atoms with van der Waals surface area (Å²) in [5.41, 5.74) is 0.740. The van der Waals surface area contributed by atoms with E-state index in [1.165, 1.54) is 12.1 Å². The lowest BCUT2D eigenvalue weighted by Crippen LogP contribution is -2.03. The molecule has 0 amide bonds. The molecule has 0 unspecified atom stereocenters. The smallest absolute Gasteiger partial charge is 0.273 e. The molecule has 0 heterocycles. The van der Waals surface area contributed by atoms with Gasteiger partial charge in [-0.3, -0.25) is 10.1 Å². The number of rotatable bonds is 2. The molecule has 0 aliphatic carbocycles. The molecular weight excluding hydrogens is 160 g/mol. The zero-order valence-corrected chi connectivity index (χ0v) is 6.48. The molecule has 2 N–H and O–H groups in total. The Labute approximate surface area is 68.9 Å². The Hall–Kier alpha value is -1.62. The van der Waals surface area contributed by atoms with Crippen LogP contribution in [0.5, 0.6) is 5.75 Å². The molecule has 5 heteroatoms. The first kappa shape index (κ1) is 8.48. The van der Waals surface area contributed by atoms with Crippen molar-refractivity contribution in [3.63, 3.8) is 0 Å². The van der Waals surface area contributed by atoms with Crippen LogP contribution in [0.4, 0.5) is 5.69 Å². The standard InChI is InChI=1S/C7H8N2O3/c1-5-2-3-6(9(10)11)4-7(5)12-8/h2-4H,8H2,1H3.